The molecule has 9 heteroatoms. The SMILES string of the molecule is CP(C)(=O)CCCOC(=O)c1ccccc1Nc1c(C(F)(F)F)cnc2ccccc12. The summed E-state index contributed by atoms with van der Waals surface area (Å²) < 4.78 is 57.9. The highest BCUT2D eigenvalue weighted by Gasteiger charge is 2.35. The number of nitrogens with zero attached hydrogens (tertiary/aromatic N) is 1. The summed E-state index contributed by atoms with van der Waals surface area (Å²) in [5.74, 6) is -0.669. The van der Waals surface area contributed by atoms with Crippen molar-refractivity contribution in [3.05, 3.63) is 65.9 Å². The van der Waals surface area contributed by atoms with Crippen LogP contribution in [0.1, 0.15) is 22.3 Å². The highest BCUT2D eigenvalue weighted by Crippen LogP contribution is 2.40. The fourth-order valence-corrected chi connectivity index (χ4v) is 3.97. The Morgan fingerprint density at radius 1 is 1.10 bits per heavy atom. The summed E-state index contributed by atoms with van der Waals surface area (Å²) in [5.41, 5.74) is -0.437. The number of benzene rings is 2. The second-order valence-electron chi connectivity index (χ2n) is 7.52. The van der Waals surface area contributed by atoms with Crippen LogP contribution in [-0.2, 0) is 15.5 Å². The van der Waals surface area contributed by atoms with E-state index in [4.69, 9.17) is 4.74 Å². The lowest BCUT2D eigenvalue weighted by atomic mass is 10.1. The minimum atomic E-state index is -4.64. The Kier molecular flexibility index (Phi) is 6.70. The number of pyridine rings is 1. The molecule has 0 radical (unpaired) electrons. The lowest BCUT2D eigenvalue weighted by Crippen LogP contribution is -2.13. The van der Waals surface area contributed by atoms with Crippen molar-refractivity contribution in [1.29, 1.82) is 0 Å². The number of aromatic nitrogens is 1. The maximum absolute atomic E-state index is 13.6. The first kappa shape index (κ1) is 22.8. The largest absolute Gasteiger partial charge is 0.462 e. The average Bonchev–Trinajstić information content (AvgIpc) is 2.70. The first-order valence-corrected chi connectivity index (χ1v) is 12.4. The van der Waals surface area contributed by atoms with Gasteiger partial charge in [0, 0.05) is 17.7 Å². The van der Waals surface area contributed by atoms with E-state index in [-0.39, 0.29) is 28.9 Å². The molecule has 0 saturated heterocycles. The number of para-hydroxylation sites is 2. The number of esters is 1. The Balaban J connectivity index is 1.92. The monoisotopic (exact) mass is 450 g/mol. The molecule has 31 heavy (non-hydrogen) atoms. The van der Waals surface area contributed by atoms with Crippen molar-refractivity contribution in [2.24, 2.45) is 0 Å². The van der Waals surface area contributed by atoms with Crippen LogP contribution in [0.5, 0.6) is 0 Å². The third-order valence-corrected chi connectivity index (χ3v) is 5.95. The molecule has 0 saturated carbocycles. The second-order valence-corrected chi connectivity index (χ2v) is 11.1. The van der Waals surface area contributed by atoms with Gasteiger partial charge < -0.3 is 14.6 Å². The number of carbonyl (C=O) groups excluding carboxylic acids is 1. The van der Waals surface area contributed by atoms with Gasteiger partial charge in [0.05, 0.1) is 41.8 Å². The zero-order chi connectivity index (χ0) is 22.6. The topological polar surface area (TPSA) is 68.3 Å². The predicted molar refractivity (Wildman–Crippen MR) is 116 cm³/mol. The summed E-state index contributed by atoms with van der Waals surface area (Å²) in [6.07, 6.45) is -2.97. The Morgan fingerprint density at radius 3 is 2.48 bits per heavy atom. The van der Waals surface area contributed by atoms with E-state index in [1.807, 2.05) is 0 Å². The molecule has 0 atom stereocenters. The maximum Gasteiger partial charge on any atom is 0.419 e. The first-order chi connectivity index (χ1) is 14.6. The van der Waals surface area contributed by atoms with Crippen molar-refractivity contribution in [3.8, 4) is 0 Å². The van der Waals surface area contributed by atoms with Gasteiger partial charge in [0.2, 0.25) is 0 Å². The van der Waals surface area contributed by atoms with Crippen molar-refractivity contribution < 1.29 is 27.3 Å². The number of rotatable bonds is 7. The number of hydrogen-bond donors (Lipinski definition) is 1. The zero-order valence-corrected chi connectivity index (χ0v) is 18.0. The first-order valence-electron chi connectivity index (χ1n) is 9.58. The third kappa shape index (κ3) is 5.85. The second kappa shape index (κ2) is 9.10. The molecule has 164 valence electrons. The van der Waals surface area contributed by atoms with E-state index in [1.54, 1.807) is 43.7 Å². The fourth-order valence-electron chi connectivity index (χ4n) is 3.08. The number of halogens is 3. The lowest BCUT2D eigenvalue weighted by molar-refractivity contribution is -0.137. The van der Waals surface area contributed by atoms with Gasteiger partial charge in [0.25, 0.3) is 0 Å². The van der Waals surface area contributed by atoms with Crippen LogP contribution in [0.15, 0.2) is 54.7 Å². The number of fused-ring (bicyclic) bond motifs is 1. The van der Waals surface area contributed by atoms with E-state index in [0.29, 0.717) is 18.1 Å². The van der Waals surface area contributed by atoms with E-state index in [0.717, 1.165) is 6.20 Å². The summed E-state index contributed by atoms with van der Waals surface area (Å²) in [4.78, 5) is 16.5. The lowest BCUT2D eigenvalue weighted by Gasteiger charge is -2.18. The number of hydrogen-bond acceptors (Lipinski definition) is 5. The zero-order valence-electron chi connectivity index (χ0n) is 17.1. The molecule has 0 spiro atoms. The summed E-state index contributed by atoms with van der Waals surface area (Å²) in [6, 6.07) is 12.7. The van der Waals surface area contributed by atoms with Crippen molar-refractivity contribution in [2.45, 2.75) is 12.6 Å². The van der Waals surface area contributed by atoms with Gasteiger partial charge in [-0.05, 0) is 37.9 Å². The Bertz CT molecular complexity index is 1140. The van der Waals surface area contributed by atoms with Gasteiger partial charge in [0.15, 0.2) is 0 Å². The van der Waals surface area contributed by atoms with Crippen LogP contribution in [-0.4, -0.2) is 37.1 Å². The molecular weight excluding hydrogens is 428 g/mol. The molecule has 0 bridgehead atoms. The minimum Gasteiger partial charge on any atom is -0.462 e. The van der Waals surface area contributed by atoms with Crippen LogP contribution < -0.4 is 5.32 Å². The minimum absolute atomic E-state index is 0.0742. The molecule has 5 nitrogen and oxygen atoms in total. The van der Waals surface area contributed by atoms with Crippen molar-refractivity contribution >= 4 is 35.4 Å². The molecule has 1 N–H and O–H groups in total. The van der Waals surface area contributed by atoms with Gasteiger partial charge >= 0.3 is 12.1 Å². The van der Waals surface area contributed by atoms with Gasteiger partial charge in [-0.25, -0.2) is 4.79 Å². The Labute approximate surface area is 178 Å². The molecule has 0 amide bonds. The van der Waals surface area contributed by atoms with Crippen LogP contribution >= 0.6 is 7.14 Å². The molecule has 3 rings (SSSR count). The standard InChI is InChI=1S/C22H22F3N2O3P/c1-31(2,29)13-7-12-30-21(28)16-9-4-6-11-19(16)27-20-15-8-3-5-10-18(15)26-14-17(20)22(23,24)25/h3-6,8-11,14H,7,12-13H2,1-2H3,(H,26,27). The highest BCUT2D eigenvalue weighted by atomic mass is 31.2. The fraction of sp³-hybridized carbons (Fsp3) is 0.273. The third-order valence-electron chi connectivity index (χ3n) is 4.56. The summed E-state index contributed by atoms with van der Waals surface area (Å²) in [7, 11) is -2.21. The number of carbonyl (C=O) groups is 1. The molecule has 1 heterocycles. The number of alkyl halides is 3. The van der Waals surface area contributed by atoms with Crippen LogP contribution in [0.3, 0.4) is 0 Å². The average molecular weight is 450 g/mol. The van der Waals surface area contributed by atoms with E-state index >= 15 is 0 Å². The molecule has 2 aromatic carbocycles. The van der Waals surface area contributed by atoms with Gasteiger partial charge in [-0.15, -0.1) is 0 Å². The molecule has 3 aromatic rings. The summed E-state index contributed by atoms with van der Waals surface area (Å²) in [6.45, 7) is 3.39. The molecule has 0 aliphatic carbocycles. The molecule has 0 unspecified atom stereocenters. The van der Waals surface area contributed by atoms with Crippen LogP contribution in [0, 0.1) is 0 Å². The van der Waals surface area contributed by atoms with Gasteiger partial charge in [-0.3, -0.25) is 4.98 Å². The summed E-state index contributed by atoms with van der Waals surface area (Å²) >= 11 is 0. The summed E-state index contributed by atoms with van der Waals surface area (Å²) in [5, 5.41) is 3.06. The van der Waals surface area contributed by atoms with E-state index < -0.39 is 24.9 Å². The molecule has 0 fully saturated rings. The molecule has 0 aliphatic heterocycles. The van der Waals surface area contributed by atoms with Gasteiger partial charge in [-0.2, -0.15) is 13.2 Å². The predicted octanol–water partition coefficient (Wildman–Crippen LogP) is 6.17. The van der Waals surface area contributed by atoms with E-state index in [2.05, 4.69) is 10.3 Å². The van der Waals surface area contributed by atoms with Gasteiger partial charge in [0.1, 0.15) is 0 Å². The molecule has 1 aromatic heterocycles. The normalized spacial score (nSPS) is 12.0. The molecule has 0 aliphatic rings. The van der Waals surface area contributed by atoms with Crippen molar-refractivity contribution in [3.63, 3.8) is 0 Å². The Hall–Kier alpha value is -2.86. The maximum atomic E-state index is 13.6. The van der Waals surface area contributed by atoms with Crippen molar-refractivity contribution in [2.75, 3.05) is 31.4 Å². The van der Waals surface area contributed by atoms with E-state index in [1.165, 1.54) is 18.2 Å². The Morgan fingerprint density at radius 2 is 1.77 bits per heavy atom. The highest BCUT2D eigenvalue weighted by molar-refractivity contribution is 7.62. The smallest absolute Gasteiger partial charge is 0.419 e. The van der Waals surface area contributed by atoms with Gasteiger partial charge in [-0.1, -0.05) is 30.3 Å². The number of ether oxygens (including phenoxy) is 1. The quantitative estimate of drug-likeness (QED) is 0.265. The number of anilines is 2. The van der Waals surface area contributed by atoms with Crippen molar-refractivity contribution in [1.82, 2.24) is 4.98 Å². The number of nitrogens with one attached hydrogen (secondary N) is 1. The van der Waals surface area contributed by atoms with Crippen LogP contribution in [0.2, 0.25) is 0 Å². The van der Waals surface area contributed by atoms with Crippen LogP contribution in [0.4, 0.5) is 24.5 Å². The van der Waals surface area contributed by atoms with E-state index in [9.17, 15) is 22.5 Å². The molecular formula is C22H22F3N2O3P. The van der Waals surface area contributed by atoms with Crippen LogP contribution in [0.25, 0.3) is 10.9 Å².